The zero-order chi connectivity index (χ0) is 20.3. The van der Waals surface area contributed by atoms with Crippen LogP contribution in [-0.2, 0) is 14.3 Å². The standard InChI is InChI=1S/C21H35N3O4/c1-21(2,3)28-20(27)24-13-7-8-17(24)19(26)23-14-9-16(10-15-23)18(25)22-11-5-4-6-12-22/h16-17H,4-15H2,1-3H3/t17-/m1/s1. The van der Waals surface area contributed by atoms with Crippen molar-refractivity contribution < 1.29 is 19.1 Å². The van der Waals surface area contributed by atoms with Crippen LogP contribution in [0.2, 0.25) is 0 Å². The highest BCUT2D eigenvalue weighted by Crippen LogP contribution is 2.26. The molecule has 3 rings (SSSR count). The van der Waals surface area contributed by atoms with E-state index < -0.39 is 17.7 Å². The maximum Gasteiger partial charge on any atom is 0.410 e. The molecule has 0 spiro atoms. The van der Waals surface area contributed by atoms with Crippen LogP contribution in [0.25, 0.3) is 0 Å². The highest BCUT2D eigenvalue weighted by atomic mass is 16.6. The van der Waals surface area contributed by atoms with Crippen molar-refractivity contribution >= 4 is 17.9 Å². The molecule has 3 fully saturated rings. The molecule has 28 heavy (non-hydrogen) atoms. The Labute approximate surface area is 168 Å². The first-order valence-electron chi connectivity index (χ1n) is 10.8. The smallest absolute Gasteiger partial charge is 0.410 e. The number of carbonyl (C=O) groups excluding carboxylic acids is 3. The van der Waals surface area contributed by atoms with E-state index in [1.54, 1.807) is 4.90 Å². The molecule has 0 aromatic carbocycles. The molecule has 0 radical (unpaired) electrons. The van der Waals surface area contributed by atoms with Crippen LogP contribution in [0.4, 0.5) is 4.79 Å². The van der Waals surface area contributed by atoms with Crippen molar-refractivity contribution in [2.75, 3.05) is 32.7 Å². The summed E-state index contributed by atoms with van der Waals surface area (Å²) >= 11 is 0. The van der Waals surface area contributed by atoms with Crippen LogP contribution in [0.3, 0.4) is 0 Å². The first-order chi connectivity index (χ1) is 13.3. The van der Waals surface area contributed by atoms with Gasteiger partial charge in [-0.1, -0.05) is 0 Å². The average molecular weight is 394 g/mol. The number of ether oxygens (including phenoxy) is 1. The summed E-state index contributed by atoms with van der Waals surface area (Å²) < 4.78 is 5.47. The SMILES string of the molecule is CC(C)(C)OC(=O)N1CCC[C@@H]1C(=O)N1CCC(C(=O)N2CCCCC2)CC1. The molecular weight excluding hydrogens is 358 g/mol. The van der Waals surface area contributed by atoms with E-state index in [-0.39, 0.29) is 17.7 Å². The van der Waals surface area contributed by atoms with Crippen LogP contribution in [0, 0.1) is 5.92 Å². The number of hydrogen-bond acceptors (Lipinski definition) is 4. The zero-order valence-corrected chi connectivity index (χ0v) is 17.6. The highest BCUT2D eigenvalue weighted by Gasteiger charge is 2.40. The van der Waals surface area contributed by atoms with Crippen molar-refractivity contribution in [2.24, 2.45) is 5.92 Å². The molecule has 158 valence electrons. The number of amides is 3. The Hall–Kier alpha value is -1.79. The maximum absolute atomic E-state index is 13.0. The van der Waals surface area contributed by atoms with Crippen LogP contribution < -0.4 is 0 Å². The molecule has 0 unspecified atom stereocenters. The van der Waals surface area contributed by atoms with Gasteiger partial charge < -0.3 is 14.5 Å². The Morgan fingerprint density at radius 3 is 1.96 bits per heavy atom. The van der Waals surface area contributed by atoms with Crippen LogP contribution in [0.5, 0.6) is 0 Å². The van der Waals surface area contributed by atoms with Gasteiger partial charge in [0.05, 0.1) is 0 Å². The molecule has 0 saturated carbocycles. The fraction of sp³-hybridized carbons (Fsp3) is 0.857. The molecule has 0 aromatic rings. The van der Waals surface area contributed by atoms with E-state index in [1.165, 1.54) is 6.42 Å². The fourth-order valence-electron chi connectivity index (χ4n) is 4.49. The lowest BCUT2D eigenvalue weighted by Crippen LogP contribution is -2.52. The van der Waals surface area contributed by atoms with Crippen molar-refractivity contribution in [3.63, 3.8) is 0 Å². The van der Waals surface area contributed by atoms with Gasteiger partial charge in [-0.3, -0.25) is 14.5 Å². The minimum absolute atomic E-state index is 0.00670. The van der Waals surface area contributed by atoms with E-state index in [4.69, 9.17) is 4.74 Å². The van der Waals surface area contributed by atoms with Gasteiger partial charge in [0.25, 0.3) is 0 Å². The summed E-state index contributed by atoms with van der Waals surface area (Å²) in [7, 11) is 0. The summed E-state index contributed by atoms with van der Waals surface area (Å²) in [5.41, 5.74) is -0.569. The number of nitrogens with zero attached hydrogens (tertiary/aromatic N) is 3. The molecule has 0 N–H and O–H groups in total. The van der Waals surface area contributed by atoms with Crippen molar-refractivity contribution in [2.45, 2.75) is 77.4 Å². The normalized spacial score (nSPS) is 24.4. The molecule has 3 heterocycles. The van der Waals surface area contributed by atoms with Crippen molar-refractivity contribution in [1.82, 2.24) is 14.7 Å². The quantitative estimate of drug-likeness (QED) is 0.723. The third-order valence-corrected chi connectivity index (χ3v) is 5.99. The van der Waals surface area contributed by atoms with Crippen LogP contribution in [0.15, 0.2) is 0 Å². The third kappa shape index (κ3) is 4.97. The summed E-state index contributed by atoms with van der Waals surface area (Å²) in [4.78, 5) is 43.6. The Morgan fingerprint density at radius 2 is 1.36 bits per heavy atom. The molecule has 0 aliphatic carbocycles. The van der Waals surface area contributed by atoms with Crippen molar-refractivity contribution in [3.8, 4) is 0 Å². The predicted octanol–water partition coefficient (Wildman–Crippen LogP) is 2.64. The van der Waals surface area contributed by atoms with Gasteiger partial charge in [0, 0.05) is 38.6 Å². The molecule has 7 nitrogen and oxygen atoms in total. The molecule has 1 atom stereocenters. The number of hydrogen-bond donors (Lipinski definition) is 0. The topological polar surface area (TPSA) is 70.2 Å². The number of carbonyl (C=O) groups is 3. The van der Waals surface area contributed by atoms with E-state index in [0.717, 1.165) is 45.2 Å². The van der Waals surface area contributed by atoms with Gasteiger partial charge in [0.2, 0.25) is 11.8 Å². The lowest BCUT2D eigenvalue weighted by Gasteiger charge is -2.37. The Morgan fingerprint density at radius 1 is 0.750 bits per heavy atom. The molecule has 0 bridgehead atoms. The van der Waals surface area contributed by atoms with Gasteiger partial charge in [-0.25, -0.2) is 4.79 Å². The highest BCUT2D eigenvalue weighted by molar-refractivity contribution is 5.87. The van der Waals surface area contributed by atoms with Gasteiger partial charge in [-0.15, -0.1) is 0 Å². The van der Waals surface area contributed by atoms with Gasteiger partial charge in [0.15, 0.2) is 0 Å². The third-order valence-electron chi connectivity index (χ3n) is 5.99. The molecule has 3 saturated heterocycles. The maximum atomic E-state index is 13.0. The predicted molar refractivity (Wildman–Crippen MR) is 106 cm³/mol. The molecule has 3 amide bonds. The fourth-order valence-corrected chi connectivity index (χ4v) is 4.49. The van der Waals surface area contributed by atoms with E-state index in [2.05, 4.69) is 0 Å². The summed E-state index contributed by atoms with van der Waals surface area (Å²) in [5, 5.41) is 0. The van der Waals surface area contributed by atoms with Crippen LogP contribution in [0.1, 0.15) is 65.7 Å². The second-order valence-electron chi connectivity index (χ2n) is 9.32. The van der Waals surface area contributed by atoms with Crippen LogP contribution in [-0.4, -0.2) is 77.0 Å². The van der Waals surface area contributed by atoms with E-state index >= 15 is 0 Å². The molecule has 0 aromatic heterocycles. The first kappa shape index (κ1) is 20.9. The van der Waals surface area contributed by atoms with Crippen LogP contribution >= 0.6 is 0 Å². The van der Waals surface area contributed by atoms with E-state index in [0.29, 0.717) is 26.1 Å². The minimum atomic E-state index is -0.569. The van der Waals surface area contributed by atoms with Gasteiger partial charge >= 0.3 is 6.09 Å². The first-order valence-corrected chi connectivity index (χ1v) is 10.8. The Bertz CT molecular complexity index is 587. The van der Waals surface area contributed by atoms with Gasteiger partial charge in [-0.05, 0) is 65.7 Å². The second kappa shape index (κ2) is 8.70. The largest absolute Gasteiger partial charge is 0.444 e. The molecule has 3 aliphatic heterocycles. The second-order valence-corrected chi connectivity index (χ2v) is 9.32. The molecule has 7 heteroatoms. The zero-order valence-electron chi connectivity index (χ0n) is 17.6. The molecule has 3 aliphatic rings. The molecular formula is C21H35N3O4. The summed E-state index contributed by atoms with van der Waals surface area (Å²) in [6.07, 6.45) is 5.96. The average Bonchev–Trinajstić information content (AvgIpc) is 3.16. The van der Waals surface area contributed by atoms with E-state index in [1.807, 2.05) is 30.6 Å². The minimum Gasteiger partial charge on any atom is -0.444 e. The summed E-state index contributed by atoms with van der Waals surface area (Å²) in [5.74, 6) is 0.308. The van der Waals surface area contributed by atoms with E-state index in [9.17, 15) is 14.4 Å². The monoisotopic (exact) mass is 393 g/mol. The number of piperidine rings is 2. The lowest BCUT2D eigenvalue weighted by molar-refractivity contribution is -0.143. The van der Waals surface area contributed by atoms with Gasteiger partial charge in [-0.2, -0.15) is 0 Å². The Kier molecular flexibility index (Phi) is 6.50. The number of rotatable bonds is 2. The summed E-state index contributed by atoms with van der Waals surface area (Å²) in [6, 6.07) is -0.427. The number of likely N-dealkylation sites (tertiary alicyclic amines) is 3. The van der Waals surface area contributed by atoms with Crippen molar-refractivity contribution in [1.29, 1.82) is 0 Å². The van der Waals surface area contributed by atoms with Crippen molar-refractivity contribution in [3.05, 3.63) is 0 Å². The summed E-state index contributed by atoms with van der Waals surface area (Å²) in [6.45, 7) is 9.03. The lowest BCUT2D eigenvalue weighted by atomic mass is 9.94. The van der Waals surface area contributed by atoms with Gasteiger partial charge in [0.1, 0.15) is 11.6 Å². The Balaban J connectivity index is 1.52.